The Morgan fingerprint density at radius 1 is 1.45 bits per heavy atom. The van der Waals surface area contributed by atoms with Gasteiger partial charge in [-0.25, -0.2) is 14.6 Å². The van der Waals surface area contributed by atoms with Crippen LogP contribution in [0.25, 0.3) is 0 Å². The van der Waals surface area contributed by atoms with Crippen molar-refractivity contribution in [2.45, 2.75) is 52.4 Å². The molecule has 0 spiro atoms. The molecule has 22 heavy (non-hydrogen) atoms. The molecule has 0 saturated heterocycles. The number of esters is 1. The van der Waals surface area contributed by atoms with Crippen LogP contribution >= 0.6 is 15.9 Å². The number of hydrogen-bond donors (Lipinski definition) is 0. The van der Waals surface area contributed by atoms with Crippen LogP contribution in [0.15, 0.2) is 10.8 Å². The van der Waals surface area contributed by atoms with Crippen LogP contribution < -0.4 is 0 Å². The first-order valence-electron chi connectivity index (χ1n) is 7.09. The zero-order valence-electron chi connectivity index (χ0n) is 13.1. The fourth-order valence-electron chi connectivity index (χ4n) is 2.20. The third kappa shape index (κ3) is 3.60. The number of fused-ring (bicyclic) bond motifs is 1. The van der Waals surface area contributed by atoms with Gasteiger partial charge in [0.1, 0.15) is 16.0 Å². The summed E-state index contributed by atoms with van der Waals surface area (Å²) < 4.78 is 13.1. The first kappa shape index (κ1) is 16.8. The monoisotopic (exact) mass is 373 g/mol. The molecule has 1 aromatic rings. The Morgan fingerprint density at radius 2 is 2.14 bits per heavy atom. The smallest absolute Gasteiger partial charge is 0.411 e. The second-order valence-electron chi connectivity index (χ2n) is 5.98. The maximum atomic E-state index is 12.4. The number of amides is 1. The van der Waals surface area contributed by atoms with E-state index in [4.69, 9.17) is 9.47 Å². The molecule has 0 N–H and O–H groups in total. The molecule has 7 nitrogen and oxygen atoms in total. The molecule has 1 amide bonds. The van der Waals surface area contributed by atoms with E-state index in [0.29, 0.717) is 5.82 Å². The molecule has 122 valence electrons. The Labute approximate surface area is 137 Å². The van der Waals surface area contributed by atoms with E-state index in [9.17, 15) is 9.59 Å². The largest absolute Gasteiger partial charge is 0.464 e. The Hall–Kier alpha value is -1.57. The van der Waals surface area contributed by atoms with Gasteiger partial charge in [0.2, 0.25) is 0 Å². The minimum atomic E-state index is -0.729. The van der Waals surface area contributed by atoms with Gasteiger partial charge in [-0.15, -0.1) is 0 Å². The van der Waals surface area contributed by atoms with E-state index < -0.39 is 23.7 Å². The summed E-state index contributed by atoms with van der Waals surface area (Å²) in [5, 5.41) is 0. The van der Waals surface area contributed by atoms with Crippen molar-refractivity contribution in [3.63, 3.8) is 0 Å². The van der Waals surface area contributed by atoms with Gasteiger partial charge in [-0.1, -0.05) is 0 Å². The summed E-state index contributed by atoms with van der Waals surface area (Å²) in [6, 6.07) is -0.729. The van der Waals surface area contributed by atoms with Gasteiger partial charge in [0, 0.05) is 0 Å². The molecule has 1 atom stereocenters. The highest BCUT2D eigenvalue weighted by atomic mass is 79.9. The lowest BCUT2D eigenvalue weighted by Gasteiger charge is -2.35. The molecule has 0 radical (unpaired) electrons. The summed E-state index contributed by atoms with van der Waals surface area (Å²) in [5.74, 6) is 0.248. The first-order chi connectivity index (χ1) is 10.2. The van der Waals surface area contributed by atoms with Crippen molar-refractivity contribution in [3.05, 3.63) is 16.6 Å². The lowest BCUT2D eigenvalue weighted by atomic mass is 10.2. The fourth-order valence-corrected chi connectivity index (χ4v) is 2.65. The van der Waals surface area contributed by atoms with E-state index in [1.807, 2.05) is 4.57 Å². The van der Waals surface area contributed by atoms with Crippen molar-refractivity contribution < 1.29 is 19.1 Å². The minimum Gasteiger partial charge on any atom is -0.464 e. The summed E-state index contributed by atoms with van der Waals surface area (Å²) in [4.78, 5) is 30.2. The first-order valence-corrected chi connectivity index (χ1v) is 7.88. The van der Waals surface area contributed by atoms with Crippen LogP contribution in [0.2, 0.25) is 0 Å². The van der Waals surface area contributed by atoms with Crippen LogP contribution in [0.4, 0.5) is 4.79 Å². The lowest BCUT2D eigenvalue weighted by Crippen LogP contribution is -2.52. The lowest BCUT2D eigenvalue weighted by molar-refractivity contribution is -0.151. The maximum absolute atomic E-state index is 12.4. The quantitative estimate of drug-likeness (QED) is 0.743. The summed E-state index contributed by atoms with van der Waals surface area (Å²) >= 11 is 3.39. The van der Waals surface area contributed by atoms with Gasteiger partial charge in [-0.2, -0.15) is 0 Å². The normalized spacial score (nSPS) is 17.9. The number of hydrogen-bond acceptors (Lipinski definition) is 5. The molecular formula is C14H20BrN3O4. The average Bonchev–Trinajstić information content (AvgIpc) is 2.77. The van der Waals surface area contributed by atoms with Gasteiger partial charge < -0.3 is 14.0 Å². The van der Waals surface area contributed by atoms with Gasteiger partial charge in [0.15, 0.2) is 6.04 Å². The van der Waals surface area contributed by atoms with Gasteiger partial charge in [0.25, 0.3) is 0 Å². The van der Waals surface area contributed by atoms with Crippen molar-refractivity contribution in [2.24, 2.45) is 0 Å². The van der Waals surface area contributed by atoms with Crippen LogP contribution in [0.3, 0.4) is 0 Å². The fraction of sp³-hybridized carbons (Fsp3) is 0.643. The molecule has 1 unspecified atom stereocenters. The standard InChI is InChI=1S/C14H20BrN3O4/c1-5-21-12(19)9-7-18-10(15)6-16-11(18)8-17(9)13(20)22-14(2,3)4/h6,9H,5,7-8H2,1-4H3. The molecule has 1 aliphatic heterocycles. The van der Waals surface area contributed by atoms with E-state index in [1.165, 1.54) is 4.90 Å². The zero-order valence-corrected chi connectivity index (χ0v) is 14.7. The van der Waals surface area contributed by atoms with Crippen LogP contribution in [0.5, 0.6) is 0 Å². The van der Waals surface area contributed by atoms with Gasteiger partial charge in [-0.3, -0.25) is 4.90 Å². The highest BCUT2D eigenvalue weighted by Crippen LogP contribution is 2.24. The molecule has 0 bridgehead atoms. The Morgan fingerprint density at radius 3 is 2.73 bits per heavy atom. The van der Waals surface area contributed by atoms with Gasteiger partial charge >= 0.3 is 12.1 Å². The molecule has 0 aliphatic carbocycles. The van der Waals surface area contributed by atoms with E-state index in [0.717, 1.165) is 4.60 Å². The Bertz CT molecular complexity index is 579. The SMILES string of the molecule is CCOC(=O)C1Cn2c(Br)cnc2CN1C(=O)OC(C)(C)C. The Balaban J connectivity index is 2.28. The van der Waals surface area contributed by atoms with Crippen LogP contribution in [-0.4, -0.2) is 44.8 Å². The molecule has 8 heteroatoms. The average molecular weight is 374 g/mol. The van der Waals surface area contributed by atoms with Crippen molar-refractivity contribution in [2.75, 3.05) is 6.61 Å². The number of nitrogens with zero attached hydrogens (tertiary/aromatic N) is 3. The number of ether oxygens (including phenoxy) is 2. The third-order valence-electron chi connectivity index (χ3n) is 3.12. The van der Waals surface area contributed by atoms with E-state index in [2.05, 4.69) is 20.9 Å². The highest BCUT2D eigenvalue weighted by Gasteiger charge is 2.39. The molecular weight excluding hydrogens is 354 g/mol. The van der Waals surface area contributed by atoms with Crippen LogP contribution in [-0.2, 0) is 27.4 Å². The number of carbonyl (C=O) groups is 2. The number of carbonyl (C=O) groups excluding carboxylic acids is 2. The molecule has 0 fully saturated rings. The molecule has 0 saturated carbocycles. The van der Waals surface area contributed by atoms with Crippen LogP contribution in [0, 0.1) is 0 Å². The van der Waals surface area contributed by atoms with E-state index in [-0.39, 0.29) is 19.7 Å². The summed E-state index contributed by atoms with van der Waals surface area (Å²) in [7, 11) is 0. The van der Waals surface area contributed by atoms with E-state index in [1.54, 1.807) is 33.9 Å². The van der Waals surface area contributed by atoms with Crippen molar-refractivity contribution in [3.8, 4) is 0 Å². The molecule has 1 aromatic heterocycles. The second kappa shape index (κ2) is 6.28. The van der Waals surface area contributed by atoms with Crippen molar-refractivity contribution in [1.29, 1.82) is 0 Å². The number of halogens is 1. The number of imidazole rings is 1. The summed E-state index contributed by atoms with van der Waals surface area (Å²) in [6.45, 7) is 7.83. The summed E-state index contributed by atoms with van der Waals surface area (Å²) in [6.07, 6.45) is 1.10. The molecule has 0 aromatic carbocycles. The summed E-state index contributed by atoms with van der Waals surface area (Å²) in [5.41, 5.74) is -0.635. The number of rotatable bonds is 2. The predicted molar refractivity (Wildman–Crippen MR) is 82.1 cm³/mol. The second-order valence-corrected chi connectivity index (χ2v) is 6.80. The van der Waals surface area contributed by atoms with Gasteiger partial charge in [0.05, 0.1) is 25.9 Å². The third-order valence-corrected chi connectivity index (χ3v) is 3.75. The maximum Gasteiger partial charge on any atom is 0.411 e. The topological polar surface area (TPSA) is 73.7 Å². The molecule has 1 aliphatic rings. The van der Waals surface area contributed by atoms with E-state index >= 15 is 0 Å². The predicted octanol–water partition coefficient (Wildman–Crippen LogP) is 2.33. The van der Waals surface area contributed by atoms with Crippen LogP contribution in [0.1, 0.15) is 33.5 Å². The van der Waals surface area contributed by atoms with Gasteiger partial charge in [-0.05, 0) is 43.6 Å². The zero-order chi connectivity index (χ0) is 16.5. The Kier molecular flexibility index (Phi) is 4.79. The number of aromatic nitrogens is 2. The highest BCUT2D eigenvalue weighted by molar-refractivity contribution is 9.10. The molecule has 2 heterocycles. The minimum absolute atomic E-state index is 0.198. The van der Waals surface area contributed by atoms with Crippen molar-refractivity contribution >= 4 is 28.0 Å². The van der Waals surface area contributed by atoms with Crippen molar-refractivity contribution in [1.82, 2.24) is 14.5 Å². The molecule has 2 rings (SSSR count).